The van der Waals surface area contributed by atoms with Gasteiger partial charge in [0.2, 0.25) is 0 Å². The number of halogens is 2. The molecule has 0 aliphatic heterocycles. The van der Waals surface area contributed by atoms with Crippen LogP contribution in [0.2, 0.25) is 0 Å². The van der Waals surface area contributed by atoms with Gasteiger partial charge in [-0.1, -0.05) is 35.0 Å². The number of hydrogen-bond donors (Lipinski definition) is 1. The molecule has 0 saturated carbocycles. The summed E-state index contributed by atoms with van der Waals surface area (Å²) in [5, 5.41) is 3.58. The fourth-order valence-electron chi connectivity index (χ4n) is 1.21. The van der Waals surface area contributed by atoms with E-state index in [-0.39, 0.29) is 17.5 Å². The Bertz CT molecular complexity index is 370. The summed E-state index contributed by atoms with van der Waals surface area (Å²) >= 11 is 3.35. The van der Waals surface area contributed by atoms with E-state index in [9.17, 15) is 9.18 Å². The van der Waals surface area contributed by atoms with Gasteiger partial charge in [-0.25, -0.2) is 4.39 Å². The summed E-state index contributed by atoms with van der Waals surface area (Å²) < 4.78 is 13.3. The standard InChI is InChI=1S/C12H15BrFNO/c1-8(7-13)9(2)15-12(16)10-5-3-4-6-11(10)14/h3-6,8-9H,7H2,1-2H3,(H,15,16). The molecule has 0 heterocycles. The molecule has 0 fully saturated rings. The van der Waals surface area contributed by atoms with Crippen molar-refractivity contribution in [2.45, 2.75) is 19.9 Å². The first-order chi connectivity index (χ1) is 7.56. The van der Waals surface area contributed by atoms with Crippen LogP contribution in [0.4, 0.5) is 4.39 Å². The number of carbonyl (C=O) groups excluding carboxylic acids is 1. The highest BCUT2D eigenvalue weighted by Crippen LogP contribution is 2.09. The third kappa shape index (κ3) is 3.30. The molecule has 0 aromatic heterocycles. The summed E-state index contributed by atoms with van der Waals surface area (Å²) in [5.41, 5.74) is 0.0936. The fourth-order valence-corrected chi connectivity index (χ4v) is 1.77. The molecule has 2 atom stereocenters. The molecule has 0 bridgehead atoms. The number of hydrogen-bond acceptors (Lipinski definition) is 1. The van der Waals surface area contributed by atoms with Crippen LogP contribution in [0.3, 0.4) is 0 Å². The zero-order chi connectivity index (χ0) is 12.1. The SMILES string of the molecule is CC(CBr)C(C)NC(=O)c1ccccc1F. The fraction of sp³-hybridized carbons (Fsp3) is 0.417. The van der Waals surface area contributed by atoms with Crippen molar-refractivity contribution in [2.24, 2.45) is 5.92 Å². The lowest BCUT2D eigenvalue weighted by Crippen LogP contribution is -2.38. The Morgan fingerprint density at radius 1 is 1.44 bits per heavy atom. The summed E-state index contributed by atoms with van der Waals surface area (Å²) in [6.45, 7) is 3.92. The average Bonchev–Trinajstić information content (AvgIpc) is 2.28. The minimum Gasteiger partial charge on any atom is -0.349 e. The first kappa shape index (κ1) is 13.2. The minimum absolute atomic E-state index is 0.00600. The van der Waals surface area contributed by atoms with Crippen LogP contribution in [0, 0.1) is 11.7 Å². The van der Waals surface area contributed by atoms with Gasteiger partial charge in [0.25, 0.3) is 5.91 Å². The van der Waals surface area contributed by atoms with Gasteiger partial charge in [0.1, 0.15) is 5.82 Å². The Morgan fingerprint density at radius 2 is 2.06 bits per heavy atom. The Balaban J connectivity index is 2.70. The number of rotatable bonds is 4. The molecule has 1 rings (SSSR count). The first-order valence-corrected chi connectivity index (χ1v) is 6.29. The normalized spacial score (nSPS) is 14.2. The van der Waals surface area contributed by atoms with E-state index >= 15 is 0 Å². The lowest BCUT2D eigenvalue weighted by Gasteiger charge is -2.19. The van der Waals surface area contributed by atoms with Gasteiger partial charge in [0.05, 0.1) is 5.56 Å². The summed E-state index contributed by atoms with van der Waals surface area (Å²) in [6, 6.07) is 5.99. The van der Waals surface area contributed by atoms with Gasteiger partial charge in [-0.15, -0.1) is 0 Å². The maximum absolute atomic E-state index is 13.3. The lowest BCUT2D eigenvalue weighted by molar-refractivity contribution is 0.0927. The predicted octanol–water partition coefficient (Wildman–Crippen LogP) is 2.98. The molecule has 1 N–H and O–H groups in total. The van der Waals surface area contributed by atoms with Gasteiger partial charge >= 0.3 is 0 Å². The molecule has 1 aromatic carbocycles. The van der Waals surface area contributed by atoms with Crippen molar-refractivity contribution in [3.63, 3.8) is 0 Å². The van der Waals surface area contributed by atoms with Crippen LogP contribution in [0.1, 0.15) is 24.2 Å². The van der Waals surface area contributed by atoms with E-state index in [1.807, 2.05) is 13.8 Å². The first-order valence-electron chi connectivity index (χ1n) is 5.17. The average molecular weight is 288 g/mol. The van der Waals surface area contributed by atoms with E-state index in [1.54, 1.807) is 12.1 Å². The van der Waals surface area contributed by atoms with E-state index in [2.05, 4.69) is 21.2 Å². The van der Waals surface area contributed by atoms with Crippen LogP contribution in [-0.2, 0) is 0 Å². The molecule has 88 valence electrons. The second-order valence-electron chi connectivity index (χ2n) is 3.87. The molecule has 1 amide bonds. The number of carbonyl (C=O) groups is 1. The molecule has 1 aromatic rings. The highest BCUT2D eigenvalue weighted by molar-refractivity contribution is 9.09. The van der Waals surface area contributed by atoms with Gasteiger partial charge in [-0.3, -0.25) is 4.79 Å². The number of amides is 1. The maximum Gasteiger partial charge on any atom is 0.254 e. The van der Waals surface area contributed by atoms with Crippen LogP contribution in [-0.4, -0.2) is 17.3 Å². The molecule has 16 heavy (non-hydrogen) atoms. The van der Waals surface area contributed by atoms with Gasteiger partial charge in [0.15, 0.2) is 0 Å². The van der Waals surface area contributed by atoms with Crippen molar-refractivity contribution >= 4 is 21.8 Å². The summed E-state index contributed by atoms with van der Waals surface area (Å²) in [6.07, 6.45) is 0. The lowest BCUT2D eigenvalue weighted by atomic mass is 10.1. The number of benzene rings is 1. The van der Waals surface area contributed by atoms with E-state index in [0.717, 1.165) is 5.33 Å². The summed E-state index contributed by atoms with van der Waals surface area (Å²) in [5.74, 6) is -0.548. The maximum atomic E-state index is 13.3. The second kappa shape index (κ2) is 5.99. The largest absolute Gasteiger partial charge is 0.349 e. The van der Waals surface area contributed by atoms with Crippen LogP contribution >= 0.6 is 15.9 Å². The molecule has 0 aliphatic carbocycles. The van der Waals surface area contributed by atoms with E-state index in [0.29, 0.717) is 5.92 Å². The quantitative estimate of drug-likeness (QED) is 0.848. The van der Waals surface area contributed by atoms with Crippen molar-refractivity contribution < 1.29 is 9.18 Å². The molecule has 0 radical (unpaired) electrons. The molecule has 4 heteroatoms. The number of nitrogens with one attached hydrogen (secondary N) is 1. The van der Waals surface area contributed by atoms with E-state index in [1.165, 1.54) is 12.1 Å². The monoisotopic (exact) mass is 287 g/mol. The Morgan fingerprint density at radius 3 is 2.62 bits per heavy atom. The topological polar surface area (TPSA) is 29.1 Å². The van der Waals surface area contributed by atoms with Crippen molar-refractivity contribution in [1.82, 2.24) is 5.32 Å². The highest BCUT2D eigenvalue weighted by atomic mass is 79.9. The second-order valence-corrected chi connectivity index (χ2v) is 4.52. The van der Waals surface area contributed by atoms with E-state index < -0.39 is 5.82 Å². The van der Waals surface area contributed by atoms with E-state index in [4.69, 9.17) is 0 Å². The minimum atomic E-state index is -0.487. The summed E-state index contributed by atoms with van der Waals surface area (Å²) in [4.78, 5) is 11.7. The van der Waals surface area contributed by atoms with Crippen molar-refractivity contribution in [3.05, 3.63) is 35.6 Å². The molecule has 0 saturated heterocycles. The Hall–Kier alpha value is -0.900. The zero-order valence-corrected chi connectivity index (χ0v) is 10.9. The Kier molecular flexibility index (Phi) is 4.93. The molecular weight excluding hydrogens is 273 g/mol. The smallest absolute Gasteiger partial charge is 0.254 e. The predicted molar refractivity (Wildman–Crippen MR) is 66.3 cm³/mol. The van der Waals surface area contributed by atoms with Crippen molar-refractivity contribution in [3.8, 4) is 0 Å². The van der Waals surface area contributed by atoms with Gasteiger partial charge < -0.3 is 5.32 Å². The Labute approximate surface area is 103 Å². The molecule has 0 spiro atoms. The van der Waals surface area contributed by atoms with Crippen molar-refractivity contribution in [1.29, 1.82) is 0 Å². The van der Waals surface area contributed by atoms with Crippen molar-refractivity contribution in [2.75, 3.05) is 5.33 Å². The van der Waals surface area contributed by atoms with Crippen LogP contribution < -0.4 is 5.32 Å². The molecule has 0 aliphatic rings. The van der Waals surface area contributed by atoms with Gasteiger partial charge in [0, 0.05) is 11.4 Å². The van der Waals surface area contributed by atoms with Crippen LogP contribution in [0.5, 0.6) is 0 Å². The molecular formula is C12H15BrFNO. The molecule has 2 nitrogen and oxygen atoms in total. The zero-order valence-electron chi connectivity index (χ0n) is 9.34. The number of alkyl halides is 1. The highest BCUT2D eigenvalue weighted by Gasteiger charge is 2.16. The van der Waals surface area contributed by atoms with Crippen LogP contribution in [0.25, 0.3) is 0 Å². The molecule has 2 unspecified atom stereocenters. The summed E-state index contributed by atoms with van der Waals surface area (Å²) in [7, 11) is 0. The van der Waals surface area contributed by atoms with Gasteiger partial charge in [-0.05, 0) is 25.0 Å². The van der Waals surface area contributed by atoms with Crippen LogP contribution in [0.15, 0.2) is 24.3 Å². The third-order valence-corrected chi connectivity index (χ3v) is 3.60. The van der Waals surface area contributed by atoms with Gasteiger partial charge in [-0.2, -0.15) is 0 Å². The third-order valence-electron chi connectivity index (χ3n) is 2.57.